The number of nitrogens with zero attached hydrogens (tertiary/aromatic N) is 4. The lowest BCUT2D eigenvalue weighted by molar-refractivity contribution is 0.0747. The number of carbonyl (C=O) groups excluding carboxylic acids is 1. The number of rotatable bonds is 3. The molecule has 0 spiro atoms. The first-order valence-corrected chi connectivity index (χ1v) is 8.49. The van der Waals surface area contributed by atoms with Crippen LogP contribution in [-0.4, -0.2) is 46.5 Å². The maximum Gasteiger partial charge on any atom is 0.253 e. The van der Waals surface area contributed by atoms with Crippen LogP contribution in [0.5, 0.6) is 0 Å². The van der Waals surface area contributed by atoms with Crippen molar-refractivity contribution in [1.29, 1.82) is 0 Å². The minimum absolute atomic E-state index is 0.102. The van der Waals surface area contributed by atoms with E-state index in [1.807, 2.05) is 46.0 Å². The van der Waals surface area contributed by atoms with Crippen LogP contribution in [0, 0.1) is 0 Å². The Balaban J connectivity index is 1.40. The first-order valence-electron chi connectivity index (χ1n) is 8.49. The maximum absolute atomic E-state index is 12.7. The lowest BCUT2D eigenvalue weighted by Crippen LogP contribution is -2.48. The molecule has 3 aromatic rings. The number of aromatic nitrogens is 2. The van der Waals surface area contributed by atoms with E-state index in [0.717, 1.165) is 37.4 Å². The molecular weight excluding hydrogens is 312 g/mol. The largest absolute Gasteiger partial charge is 0.368 e. The van der Waals surface area contributed by atoms with Crippen molar-refractivity contribution in [3.63, 3.8) is 0 Å². The van der Waals surface area contributed by atoms with E-state index in [-0.39, 0.29) is 5.91 Å². The molecule has 1 aromatic heterocycles. The van der Waals surface area contributed by atoms with Gasteiger partial charge in [0.15, 0.2) is 0 Å². The van der Waals surface area contributed by atoms with Gasteiger partial charge in [-0.25, -0.2) is 4.98 Å². The summed E-state index contributed by atoms with van der Waals surface area (Å²) >= 11 is 0. The Morgan fingerprint density at radius 2 is 1.56 bits per heavy atom. The number of anilines is 1. The van der Waals surface area contributed by atoms with Gasteiger partial charge in [-0.1, -0.05) is 18.2 Å². The lowest BCUT2D eigenvalue weighted by atomic mass is 10.1. The van der Waals surface area contributed by atoms with Crippen LogP contribution in [0.1, 0.15) is 10.4 Å². The van der Waals surface area contributed by atoms with Crippen molar-refractivity contribution in [3.8, 4) is 5.69 Å². The minimum atomic E-state index is 0.102. The number of piperazine rings is 1. The van der Waals surface area contributed by atoms with Crippen molar-refractivity contribution in [2.24, 2.45) is 0 Å². The minimum Gasteiger partial charge on any atom is -0.368 e. The van der Waals surface area contributed by atoms with Crippen LogP contribution in [0.25, 0.3) is 5.69 Å². The van der Waals surface area contributed by atoms with Crippen LogP contribution in [0.3, 0.4) is 0 Å². The van der Waals surface area contributed by atoms with E-state index in [1.165, 1.54) is 5.69 Å². The van der Waals surface area contributed by atoms with Gasteiger partial charge in [0.2, 0.25) is 0 Å². The second kappa shape index (κ2) is 6.81. The van der Waals surface area contributed by atoms with Gasteiger partial charge >= 0.3 is 0 Å². The fourth-order valence-corrected chi connectivity index (χ4v) is 3.18. The summed E-state index contributed by atoms with van der Waals surface area (Å²) in [6.07, 6.45) is 5.38. The molecular formula is C20H20N4O. The van der Waals surface area contributed by atoms with Crippen molar-refractivity contribution in [2.75, 3.05) is 31.1 Å². The van der Waals surface area contributed by atoms with Crippen LogP contribution >= 0.6 is 0 Å². The second-order valence-corrected chi connectivity index (χ2v) is 6.13. The number of hydrogen-bond donors (Lipinski definition) is 0. The molecule has 126 valence electrons. The van der Waals surface area contributed by atoms with E-state index in [9.17, 15) is 4.79 Å². The third-order valence-electron chi connectivity index (χ3n) is 4.61. The summed E-state index contributed by atoms with van der Waals surface area (Å²) in [5.74, 6) is 0.102. The van der Waals surface area contributed by atoms with Gasteiger partial charge in [0, 0.05) is 55.5 Å². The van der Waals surface area contributed by atoms with Crippen molar-refractivity contribution >= 4 is 11.6 Å². The Morgan fingerprint density at radius 3 is 2.20 bits per heavy atom. The summed E-state index contributed by atoms with van der Waals surface area (Å²) in [6, 6.07) is 18.0. The van der Waals surface area contributed by atoms with Crippen molar-refractivity contribution in [1.82, 2.24) is 14.5 Å². The van der Waals surface area contributed by atoms with Crippen molar-refractivity contribution < 1.29 is 4.79 Å². The Bertz CT molecular complexity index is 820. The van der Waals surface area contributed by atoms with Crippen LogP contribution in [0.2, 0.25) is 0 Å². The summed E-state index contributed by atoms with van der Waals surface area (Å²) in [4.78, 5) is 21.0. The van der Waals surface area contributed by atoms with Crippen LogP contribution in [-0.2, 0) is 0 Å². The standard InChI is InChI=1S/C20H20N4O/c25-20(17-6-8-19(9-7-17)24-11-10-21-16-24)23-14-12-22(13-15-23)18-4-2-1-3-5-18/h1-11,16H,12-15H2. The summed E-state index contributed by atoms with van der Waals surface area (Å²) in [7, 11) is 0. The highest BCUT2D eigenvalue weighted by Gasteiger charge is 2.22. The molecule has 2 aromatic carbocycles. The highest BCUT2D eigenvalue weighted by Crippen LogP contribution is 2.17. The van der Waals surface area contributed by atoms with Crippen LogP contribution < -0.4 is 4.90 Å². The zero-order valence-corrected chi connectivity index (χ0v) is 14.0. The number of carbonyl (C=O) groups is 1. The maximum atomic E-state index is 12.7. The highest BCUT2D eigenvalue weighted by atomic mass is 16.2. The molecule has 0 atom stereocenters. The summed E-state index contributed by atoms with van der Waals surface area (Å²) in [5.41, 5.74) is 2.96. The molecule has 2 heterocycles. The number of imidazole rings is 1. The first kappa shape index (κ1) is 15.4. The summed E-state index contributed by atoms with van der Waals surface area (Å²) < 4.78 is 1.92. The SMILES string of the molecule is O=C(c1ccc(-n2ccnc2)cc1)N1CCN(c2ccccc2)CC1. The number of hydrogen-bond acceptors (Lipinski definition) is 3. The quantitative estimate of drug-likeness (QED) is 0.741. The number of para-hydroxylation sites is 1. The Morgan fingerprint density at radius 1 is 0.840 bits per heavy atom. The monoisotopic (exact) mass is 332 g/mol. The molecule has 1 fully saturated rings. The molecule has 4 rings (SSSR count). The predicted octanol–water partition coefficient (Wildman–Crippen LogP) is 2.83. The van der Waals surface area contributed by atoms with Gasteiger partial charge in [-0.3, -0.25) is 4.79 Å². The fourth-order valence-electron chi connectivity index (χ4n) is 3.18. The Labute approximate surface area is 147 Å². The first-order chi connectivity index (χ1) is 12.3. The molecule has 1 amide bonds. The van der Waals surface area contributed by atoms with Gasteiger partial charge in [-0.05, 0) is 36.4 Å². The zero-order chi connectivity index (χ0) is 17.1. The fraction of sp³-hybridized carbons (Fsp3) is 0.200. The average molecular weight is 332 g/mol. The summed E-state index contributed by atoms with van der Waals surface area (Å²) in [6.45, 7) is 3.22. The molecule has 0 bridgehead atoms. The third kappa shape index (κ3) is 3.26. The van der Waals surface area contributed by atoms with Gasteiger partial charge in [0.05, 0.1) is 6.33 Å². The zero-order valence-electron chi connectivity index (χ0n) is 14.0. The van der Waals surface area contributed by atoms with E-state index in [2.05, 4.69) is 34.1 Å². The third-order valence-corrected chi connectivity index (χ3v) is 4.61. The van der Waals surface area contributed by atoms with Crippen LogP contribution in [0.4, 0.5) is 5.69 Å². The Hall–Kier alpha value is -3.08. The number of amides is 1. The Kier molecular flexibility index (Phi) is 4.21. The smallest absolute Gasteiger partial charge is 0.253 e. The van der Waals surface area contributed by atoms with E-state index in [0.29, 0.717) is 0 Å². The molecule has 0 radical (unpaired) electrons. The van der Waals surface area contributed by atoms with Gasteiger partial charge in [-0.15, -0.1) is 0 Å². The van der Waals surface area contributed by atoms with Crippen LogP contribution in [0.15, 0.2) is 73.3 Å². The average Bonchev–Trinajstić information content (AvgIpc) is 3.23. The van der Waals surface area contributed by atoms with E-state index in [4.69, 9.17) is 0 Å². The van der Waals surface area contributed by atoms with E-state index >= 15 is 0 Å². The molecule has 5 heteroatoms. The van der Waals surface area contributed by atoms with Crippen molar-refractivity contribution in [3.05, 3.63) is 78.9 Å². The van der Waals surface area contributed by atoms with Gasteiger partial charge in [0.1, 0.15) is 0 Å². The molecule has 5 nitrogen and oxygen atoms in total. The highest BCUT2D eigenvalue weighted by molar-refractivity contribution is 5.94. The molecule has 1 aliphatic rings. The van der Waals surface area contributed by atoms with E-state index < -0.39 is 0 Å². The summed E-state index contributed by atoms with van der Waals surface area (Å²) in [5, 5.41) is 0. The van der Waals surface area contributed by atoms with Gasteiger partial charge in [0.25, 0.3) is 5.91 Å². The molecule has 0 N–H and O–H groups in total. The number of benzene rings is 2. The molecule has 25 heavy (non-hydrogen) atoms. The molecule has 0 saturated carbocycles. The second-order valence-electron chi connectivity index (χ2n) is 6.13. The molecule has 0 unspecified atom stereocenters. The van der Waals surface area contributed by atoms with Gasteiger partial charge in [-0.2, -0.15) is 0 Å². The molecule has 1 saturated heterocycles. The predicted molar refractivity (Wildman–Crippen MR) is 98.1 cm³/mol. The van der Waals surface area contributed by atoms with E-state index in [1.54, 1.807) is 12.5 Å². The van der Waals surface area contributed by atoms with Crippen molar-refractivity contribution in [2.45, 2.75) is 0 Å². The lowest BCUT2D eigenvalue weighted by Gasteiger charge is -2.36. The topological polar surface area (TPSA) is 41.4 Å². The normalized spacial score (nSPS) is 14.6. The molecule has 1 aliphatic heterocycles. The van der Waals surface area contributed by atoms with Gasteiger partial charge < -0.3 is 14.4 Å². The molecule has 0 aliphatic carbocycles.